The molecule has 0 saturated heterocycles. The number of isocyanates is 1. The maximum Gasteiger partial charge on any atom is 0.339 e. The van der Waals surface area contributed by atoms with E-state index in [1.165, 1.54) is 6.08 Å². The fraction of sp³-hybridized carbons (Fsp3) is 0.357. The van der Waals surface area contributed by atoms with Gasteiger partial charge in [-0.1, -0.05) is 30.3 Å². The van der Waals surface area contributed by atoms with Gasteiger partial charge in [-0.15, -0.1) is 0 Å². The summed E-state index contributed by atoms with van der Waals surface area (Å²) in [5, 5.41) is 0. The average Bonchev–Trinajstić information content (AvgIpc) is 2.46. The highest BCUT2D eigenvalue weighted by molar-refractivity contribution is 6.04. The van der Waals surface area contributed by atoms with E-state index in [1.807, 2.05) is 30.3 Å². The second-order valence-corrected chi connectivity index (χ2v) is 3.82. The van der Waals surface area contributed by atoms with Crippen LogP contribution in [0.4, 0.5) is 0 Å². The van der Waals surface area contributed by atoms with Crippen LogP contribution in [-0.2, 0) is 30.5 Å². The lowest BCUT2D eigenvalue weighted by molar-refractivity contribution is -0.148. The molecule has 0 amide bonds. The van der Waals surface area contributed by atoms with E-state index in [9.17, 15) is 14.4 Å². The molecule has 20 heavy (non-hydrogen) atoms. The summed E-state index contributed by atoms with van der Waals surface area (Å²) in [4.78, 5) is 36.6. The summed E-state index contributed by atoms with van der Waals surface area (Å²) in [5.41, 5.74) is 0.895. The van der Waals surface area contributed by atoms with Crippen molar-refractivity contribution < 1.29 is 23.9 Å². The second-order valence-electron chi connectivity index (χ2n) is 3.82. The Morgan fingerprint density at radius 2 is 2.00 bits per heavy atom. The quantitative estimate of drug-likeness (QED) is 0.307. The van der Waals surface area contributed by atoms with Crippen LogP contribution in [0.25, 0.3) is 0 Å². The first-order valence-corrected chi connectivity index (χ1v) is 6.07. The van der Waals surface area contributed by atoms with Crippen molar-refractivity contribution in [3.63, 3.8) is 0 Å². The largest absolute Gasteiger partial charge is 0.464 e. The summed E-state index contributed by atoms with van der Waals surface area (Å²) in [5.74, 6) is -1.51. The van der Waals surface area contributed by atoms with Gasteiger partial charge in [0.05, 0.1) is 13.2 Å². The van der Waals surface area contributed by atoms with Crippen molar-refractivity contribution >= 4 is 17.8 Å². The lowest BCUT2D eigenvalue weighted by Gasteiger charge is -2.09. The molecule has 0 spiro atoms. The van der Waals surface area contributed by atoms with Crippen molar-refractivity contribution in [3.05, 3.63) is 35.9 Å². The van der Waals surface area contributed by atoms with Crippen molar-refractivity contribution in [2.24, 2.45) is 4.99 Å². The third-order valence-electron chi connectivity index (χ3n) is 2.35. The number of carbonyl (C=O) groups is 2. The predicted octanol–water partition coefficient (Wildman–Crippen LogP) is 1.04. The monoisotopic (exact) mass is 277 g/mol. The maximum atomic E-state index is 11.7. The zero-order valence-corrected chi connectivity index (χ0v) is 11.1. The van der Waals surface area contributed by atoms with Crippen LogP contribution in [0.2, 0.25) is 0 Å². The van der Waals surface area contributed by atoms with E-state index in [2.05, 4.69) is 9.73 Å². The highest BCUT2D eigenvalue weighted by Crippen LogP contribution is 2.02. The number of benzene rings is 1. The molecule has 0 aromatic heterocycles. The van der Waals surface area contributed by atoms with Crippen LogP contribution in [0.15, 0.2) is 35.3 Å². The second kappa shape index (κ2) is 8.74. The number of esters is 1. The topological polar surface area (TPSA) is 82.0 Å². The Hall–Kier alpha value is -2.30. The van der Waals surface area contributed by atoms with Crippen LogP contribution in [0.3, 0.4) is 0 Å². The Kier molecular flexibility index (Phi) is 6.89. The van der Waals surface area contributed by atoms with Gasteiger partial charge in [0, 0.05) is 0 Å². The minimum absolute atomic E-state index is 0.0991. The van der Waals surface area contributed by atoms with Gasteiger partial charge >= 0.3 is 5.97 Å². The number of nitrogens with zero attached hydrogens (tertiary/aromatic N) is 1. The maximum absolute atomic E-state index is 11.7. The summed E-state index contributed by atoms with van der Waals surface area (Å²) < 4.78 is 9.84. The van der Waals surface area contributed by atoms with Crippen LogP contribution in [-0.4, -0.2) is 37.1 Å². The number of ketones is 1. The van der Waals surface area contributed by atoms with Gasteiger partial charge in [-0.2, -0.15) is 4.99 Å². The zero-order valence-electron chi connectivity index (χ0n) is 11.1. The molecule has 1 unspecified atom stereocenters. The van der Waals surface area contributed by atoms with Crippen LogP contribution in [0, 0.1) is 0 Å². The first-order valence-electron chi connectivity index (χ1n) is 6.07. The molecule has 0 heterocycles. The van der Waals surface area contributed by atoms with E-state index in [4.69, 9.17) is 4.74 Å². The third kappa shape index (κ3) is 5.14. The van der Waals surface area contributed by atoms with Crippen LogP contribution < -0.4 is 0 Å². The fourth-order valence-electron chi connectivity index (χ4n) is 1.45. The molecule has 6 heteroatoms. The van der Waals surface area contributed by atoms with Crippen LogP contribution in [0.1, 0.15) is 12.5 Å². The Labute approximate surface area is 116 Å². The molecule has 106 valence electrons. The third-order valence-corrected chi connectivity index (χ3v) is 2.35. The van der Waals surface area contributed by atoms with Gasteiger partial charge in [0.15, 0.2) is 5.78 Å². The summed E-state index contributed by atoms with van der Waals surface area (Å²) in [6.45, 7) is 1.59. The van der Waals surface area contributed by atoms with Gasteiger partial charge in [0.1, 0.15) is 6.61 Å². The standard InChI is InChI=1S/C14H15NO5/c1-2-20-14(18)13(15-10-16)12(17)9-19-8-11-6-4-3-5-7-11/h3-7,13H,2,8-9H2,1H3. The number of aliphatic imine (C=N–C) groups is 1. The molecule has 0 aliphatic rings. The highest BCUT2D eigenvalue weighted by Gasteiger charge is 2.27. The number of ether oxygens (including phenoxy) is 2. The first-order chi connectivity index (χ1) is 9.69. The van der Waals surface area contributed by atoms with Crippen molar-refractivity contribution in [2.75, 3.05) is 13.2 Å². The number of carbonyl (C=O) groups excluding carboxylic acids is 3. The van der Waals surface area contributed by atoms with Gasteiger partial charge in [-0.05, 0) is 12.5 Å². The molecule has 1 aromatic rings. The lowest BCUT2D eigenvalue weighted by atomic mass is 10.2. The minimum atomic E-state index is -1.50. The number of Topliss-reactive ketones (excluding diaryl/α,β-unsaturated/α-hetero) is 1. The highest BCUT2D eigenvalue weighted by atomic mass is 16.5. The molecule has 1 rings (SSSR count). The summed E-state index contributed by atoms with van der Waals surface area (Å²) >= 11 is 0. The van der Waals surface area contributed by atoms with Crippen LogP contribution >= 0.6 is 0 Å². The van der Waals surface area contributed by atoms with Crippen molar-refractivity contribution in [1.82, 2.24) is 0 Å². The molecule has 0 N–H and O–H groups in total. The van der Waals surface area contributed by atoms with Crippen molar-refractivity contribution in [1.29, 1.82) is 0 Å². The minimum Gasteiger partial charge on any atom is -0.464 e. The molecule has 1 atom stereocenters. The van der Waals surface area contributed by atoms with Crippen molar-refractivity contribution in [3.8, 4) is 0 Å². The molecular weight excluding hydrogens is 262 g/mol. The van der Waals surface area contributed by atoms with E-state index in [1.54, 1.807) is 6.92 Å². The molecular formula is C14H15NO5. The number of rotatable bonds is 8. The van der Waals surface area contributed by atoms with Gasteiger partial charge in [0.25, 0.3) is 0 Å². The Balaban J connectivity index is 2.50. The van der Waals surface area contributed by atoms with E-state index >= 15 is 0 Å². The van der Waals surface area contributed by atoms with E-state index < -0.39 is 17.8 Å². The SMILES string of the molecule is CCOC(=O)C(N=C=O)C(=O)COCc1ccccc1. The molecule has 0 radical (unpaired) electrons. The lowest BCUT2D eigenvalue weighted by Crippen LogP contribution is -2.33. The Morgan fingerprint density at radius 3 is 2.60 bits per heavy atom. The normalized spacial score (nSPS) is 11.2. The molecule has 1 aromatic carbocycles. The van der Waals surface area contributed by atoms with E-state index in [0.717, 1.165) is 5.56 Å². The summed E-state index contributed by atoms with van der Waals surface area (Å²) in [6, 6.07) is 7.75. The molecule has 0 aliphatic carbocycles. The molecule has 0 aliphatic heterocycles. The summed E-state index contributed by atoms with van der Waals surface area (Å²) in [6.07, 6.45) is 1.19. The number of hydrogen-bond acceptors (Lipinski definition) is 6. The Bertz CT molecular complexity index is 494. The van der Waals surface area contributed by atoms with Gasteiger partial charge in [0.2, 0.25) is 12.1 Å². The Morgan fingerprint density at radius 1 is 1.30 bits per heavy atom. The predicted molar refractivity (Wildman–Crippen MR) is 69.6 cm³/mol. The van der Waals surface area contributed by atoms with E-state index in [-0.39, 0.29) is 19.8 Å². The van der Waals surface area contributed by atoms with Gasteiger partial charge in [-0.25, -0.2) is 9.59 Å². The molecule has 6 nitrogen and oxygen atoms in total. The van der Waals surface area contributed by atoms with Gasteiger partial charge in [-0.3, -0.25) is 4.79 Å². The van der Waals surface area contributed by atoms with Crippen LogP contribution in [0.5, 0.6) is 0 Å². The molecule has 0 bridgehead atoms. The van der Waals surface area contributed by atoms with E-state index in [0.29, 0.717) is 0 Å². The smallest absolute Gasteiger partial charge is 0.339 e. The average molecular weight is 277 g/mol. The fourth-order valence-corrected chi connectivity index (χ4v) is 1.45. The van der Waals surface area contributed by atoms with Gasteiger partial charge < -0.3 is 9.47 Å². The molecule has 0 fully saturated rings. The number of hydrogen-bond donors (Lipinski definition) is 0. The van der Waals surface area contributed by atoms with Crippen molar-refractivity contribution in [2.45, 2.75) is 19.6 Å². The first kappa shape index (κ1) is 15.8. The zero-order chi connectivity index (χ0) is 14.8. The molecule has 0 saturated carbocycles. The summed E-state index contributed by atoms with van der Waals surface area (Å²) in [7, 11) is 0.